The van der Waals surface area contributed by atoms with Crippen molar-refractivity contribution in [1.82, 2.24) is 5.32 Å². The van der Waals surface area contributed by atoms with Crippen molar-refractivity contribution in [3.8, 4) is 5.75 Å². The molecule has 0 aliphatic carbocycles. The van der Waals surface area contributed by atoms with Crippen molar-refractivity contribution in [2.24, 2.45) is 5.92 Å². The molecule has 6 nitrogen and oxygen atoms in total. The maximum atomic E-state index is 11.9. The van der Waals surface area contributed by atoms with Crippen LogP contribution in [0.4, 0.5) is 0 Å². The van der Waals surface area contributed by atoms with Crippen LogP contribution in [0.25, 0.3) is 0 Å². The van der Waals surface area contributed by atoms with Crippen molar-refractivity contribution in [1.29, 1.82) is 0 Å². The van der Waals surface area contributed by atoms with Gasteiger partial charge in [-0.25, -0.2) is 4.79 Å². The quantitative estimate of drug-likeness (QED) is 0.582. The Hall–Kier alpha value is -2.37. The Balaban J connectivity index is 2.64. The molecule has 1 aromatic rings. The minimum Gasteiger partial charge on any atom is -0.483 e. The van der Waals surface area contributed by atoms with E-state index >= 15 is 0 Å². The highest BCUT2D eigenvalue weighted by atomic mass is 16.5. The SMILES string of the molecule is CC[C@@H](C)[C@H](NC(=O)COc1ccccc1C=O)C(=O)OC. The lowest BCUT2D eigenvalue weighted by Crippen LogP contribution is -2.47. The molecule has 1 N–H and O–H groups in total. The van der Waals surface area contributed by atoms with E-state index in [9.17, 15) is 14.4 Å². The lowest BCUT2D eigenvalue weighted by molar-refractivity contribution is -0.146. The molecule has 6 heteroatoms. The number of amides is 1. The molecule has 0 heterocycles. The van der Waals surface area contributed by atoms with Gasteiger partial charge in [0.05, 0.1) is 12.7 Å². The third-order valence-electron chi connectivity index (χ3n) is 3.39. The van der Waals surface area contributed by atoms with Crippen molar-refractivity contribution in [2.45, 2.75) is 26.3 Å². The van der Waals surface area contributed by atoms with E-state index in [1.54, 1.807) is 24.3 Å². The van der Waals surface area contributed by atoms with Gasteiger partial charge in [-0.3, -0.25) is 9.59 Å². The third kappa shape index (κ3) is 4.87. The molecule has 0 bridgehead atoms. The number of nitrogens with one attached hydrogen (secondary N) is 1. The van der Waals surface area contributed by atoms with Gasteiger partial charge in [0, 0.05) is 0 Å². The van der Waals surface area contributed by atoms with Gasteiger partial charge >= 0.3 is 5.97 Å². The highest BCUT2D eigenvalue weighted by molar-refractivity contribution is 5.85. The van der Waals surface area contributed by atoms with Crippen molar-refractivity contribution in [3.63, 3.8) is 0 Å². The number of benzene rings is 1. The summed E-state index contributed by atoms with van der Waals surface area (Å²) >= 11 is 0. The van der Waals surface area contributed by atoms with E-state index in [-0.39, 0.29) is 12.5 Å². The second kappa shape index (κ2) is 8.81. The van der Waals surface area contributed by atoms with Gasteiger partial charge in [-0.05, 0) is 18.1 Å². The molecule has 0 fully saturated rings. The summed E-state index contributed by atoms with van der Waals surface area (Å²) in [5.74, 6) is -0.670. The fraction of sp³-hybridized carbons (Fsp3) is 0.438. The summed E-state index contributed by atoms with van der Waals surface area (Å²) in [6.07, 6.45) is 1.37. The van der Waals surface area contributed by atoms with Crippen LogP contribution in [0.1, 0.15) is 30.6 Å². The first kappa shape index (κ1) is 17.7. The number of para-hydroxylation sites is 1. The van der Waals surface area contributed by atoms with Crippen molar-refractivity contribution in [3.05, 3.63) is 29.8 Å². The van der Waals surface area contributed by atoms with E-state index < -0.39 is 17.9 Å². The smallest absolute Gasteiger partial charge is 0.328 e. The number of carbonyl (C=O) groups is 3. The van der Waals surface area contributed by atoms with Gasteiger partial charge in [-0.1, -0.05) is 32.4 Å². The number of ether oxygens (including phenoxy) is 2. The Morgan fingerprint density at radius 2 is 2.00 bits per heavy atom. The largest absolute Gasteiger partial charge is 0.483 e. The number of aldehydes is 1. The minimum absolute atomic E-state index is 0.0568. The molecule has 1 rings (SSSR count). The van der Waals surface area contributed by atoms with Gasteiger partial charge in [0.1, 0.15) is 11.8 Å². The minimum atomic E-state index is -0.715. The summed E-state index contributed by atoms with van der Waals surface area (Å²) in [5, 5.41) is 2.60. The molecule has 1 aromatic carbocycles. The summed E-state index contributed by atoms with van der Waals surface area (Å²) in [6.45, 7) is 3.49. The zero-order valence-corrected chi connectivity index (χ0v) is 13.0. The Labute approximate surface area is 129 Å². The van der Waals surface area contributed by atoms with E-state index in [0.717, 1.165) is 6.42 Å². The van der Waals surface area contributed by atoms with Gasteiger partial charge in [-0.15, -0.1) is 0 Å². The number of hydrogen-bond donors (Lipinski definition) is 1. The molecular weight excluding hydrogens is 286 g/mol. The molecule has 0 spiro atoms. The number of methoxy groups -OCH3 is 1. The molecule has 0 saturated carbocycles. The summed E-state index contributed by atoms with van der Waals surface area (Å²) < 4.78 is 10.0. The van der Waals surface area contributed by atoms with E-state index in [1.165, 1.54) is 7.11 Å². The topological polar surface area (TPSA) is 81.7 Å². The van der Waals surface area contributed by atoms with Crippen LogP contribution in [-0.2, 0) is 14.3 Å². The Kier molecular flexibility index (Phi) is 7.08. The molecule has 2 atom stereocenters. The zero-order valence-electron chi connectivity index (χ0n) is 13.0. The number of carbonyl (C=O) groups excluding carboxylic acids is 3. The molecule has 120 valence electrons. The molecule has 0 unspecified atom stereocenters. The average molecular weight is 307 g/mol. The first-order valence-electron chi connectivity index (χ1n) is 7.07. The summed E-state index contributed by atoms with van der Waals surface area (Å²) in [6, 6.07) is 5.89. The number of rotatable bonds is 8. The number of esters is 1. The summed E-state index contributed by atoms with van der Waals surface area (Å²) in [4.78, 5) is 34.5. The van der Waals surface area contributed by atoms with Gasteiger partial charge in [0.15, 0.2) is 12.9 Å². The van der Waals surface area contributed by atoms with Crippen molar-refractivity contribution >= 4 is 18.2 Å². The molecule has 1 amide bonds. The van der Waals surface area contributed by atoms with Crippen LogP contribution in [0.3, 0.4) is 0 Å². The molecule has 22 heavy (non-hydrogen) atoms. The van der Waals surface area contributed by atoms with Crippen LogP contribution >= 0.6 is 0 Å². The molecule has 0 aliphatic rings. The lowest BCUT2D eigenvalue weighted by atomic mass is 9.99. The number of hydrogen-bond acceptors (Lipinski definition) is 5. The average Bonchev–Trinajstić information content (AvgIpc) is 2.56. The lowest BCUT2D eigenvalue weighted by Gasteiger charge is -2.21. The molecule has 0 aromatic heterocycles. The van der Waals surface area contributed by atoms with Gasteiger partial charge in [-0.2, -0.15) is 0 Å². The standard InChI is InChI=1S/C16H21NO5/c1-4-11(2)15(16(20)21-3)17-14(19)10-22-13-8-6-5-7-12(13)9-18/h5-9,11,15H,4,10H2,1-3H3,(H,17,19)/t11-,15+/m1/s1. The van der Waals surface area contributed by atoms with Crippen LogP contribution < -0.4 is 10.1 Å². The Morgan fingerprint density at radius 1 is 1.32 bits per heavy atom. The van der Waals surface area contributed by atoms with Gasteiger partial charge < -0.3 is 14.8 Å². The van der Waals surface area contributed by atoms with Crippen LogP contribution in [-0.4, -0.2) is 37.9 Å². The van der Waals surface area contributed by atoms with Crippen LogP contribution in [0, 0.1) is 5.92 Å². The fourth-order valence-corrected chi connectivity index (χ4v) is 1.86. The normalized spacial score (nSPS) is 12.9. The van der Waals surface area contributed by atoms with Crippen LogP contribution in [0.2, 0.25) is 0 Å². The maximum absolute atomic E-state index is 11.9. The van der Waals surface area contributed by atoms with Crippen molar-refractivity contribution in [2.75, 3.05) is 13.7 Å². The van der Waals surface area contributed by atoms with Crippen molar-refractivity contribution < 1.29 is 23.9 Å². The van der Waals surface area contributed by atoms with Gasteiger partial charge in [0.25, 0.3) is 5.91 Å². The van der Waals surface area contributed by atoms with Crippen LogP contribution in [0.15, 0.2) is 24.3 Å². The van der Waals surface area contributed by atoms with Gasteiger partial charge in [0.2, 0.25) is 0 Å². The predicted molar refractivity (Wildman–Crippen MR) is 80.7 cm³/mol. The second-order valence-corrected chi connectivity index (χ2v) is 4.90. The zero-order chi connectivity index (χ0) is 16.5. The van der Waals surface area contributed by atoms with E-state index in [0.29, 0.717) is 17.6 Å². The monoisotopic (exact) mass is 307 g/mol. The predicted octanol–water partition coefficient (Wildman–Crippen LogP) is 1.58. The fourth-order valence-electron chi connectivity index (χ4n) is 1.86. The highest BCUT2D eigenvalue weighted by Crippen LogP contribution is 2.15. The Morgan fingerprint density at radius 3 is 2.59 bits per heavy atom. The second-order valence-electron chi connectivity index (χ2n) is 4.90. The summed E-state index contributed by atoms with van der Waals surface area (Å²) in [5.41, 5.74) is 0.363. The summed E-state index contributed by atoms with van der Waals surface area (Å²) in [7, 11) is 1.28. The molecule has 0 radical (unpaired) electrons. The van der Waals surface area contributed by atoms with E-state index in [1.807, 2.05) is 13.8 Å². The Bertz CT molecular complexity index is 529. The highest BCUT2D eigenvalue weighted by Gasteiger charge is 2.26. The maximum Gasteiger partial charge on any atom is 0.328 e. The van der Waals surface area contributed by atoms with E-state index in [2.05, 4.69) is 5.32 Å². The first-order chi connectivity index (χ1) is 10.5. The molecular formula is C16H21NO5. The van der Waals surface area contributed by atoms with E-state index in [4.69, 9.17) is 9.47 Å². The third-order valence-corrected chi connectivity index (χ3v) is 3.39. The molecule has 0 aliphatic heterocycles. The molecule has 0 saturated heterocycles. The van der Waals surface area contributed by atoms with Crippen LogP contribution in [0.5, 0.6) is 5.75 Å². The first-order valence-corrected chi connectivity index (χ1v) is 7.07.